The first-order chi connectivity index (χ1) is 8.72. The van der Waals surface area contributed by atoms with Crippen LogP contribution in [0.2, 0.25) is 0 Å². The molecule has 1 saturated heterocycles. The van der Waals surface area contributed by atoms with E-state index < -0.39 is 0 Å². The minimum atomic E-state index is 0.0265. The maximum absolute atomic E-state index is 12.1. The molecule has 1 aromatic carbocycles. The van der Waals surface area contributed by atoms with E-state index in [1.54, 1.807) is 0 Å². The Morgan fingerprint density at radius 2 is 2.17 bits per heavy atom. The van der Waals surface area contributed by atoms with Crippen LogP contribution in [0.15, 0.2) is 30.3 Å². The summed E-state index contributed by atoms with van der Waals surface area (Å²) in [7, 11) is 0. The second kappa shape index (κ2) is 5.87. The molecular weight excluding hydrogens is 228 g/mol. The summed E-state index contributed by atoms with van der Waals surface area (Å²) in [6, 6.07) is 9.56. The molecule has 0 saturated carbocycles. The Hall–Kier alpha value is -1.55. The van der Waals surface area contributed by atoms with Gasteiger partial charge in [0.25, 0.3) is 5.91 Å². The van der Waals surface area contributed by atoms with Crippen molar-refractivity contribution in [3.8, 4) is 5.75 Å². The Labute approximate surface area is 108 Å². The lowest BCUT2D eigenvalue weighted by Crippen LogP contribution is -2.44. The van der Waals surface area contributed by atoms with E-state index in [4.69, 9.17) is 10.5 Å². The van der Waals surface area contributed by atoms with Gasteiger partial charge in [-0.25, -0.2) is 0 Å². The molecule has 2 unspecified atom stereocenters. The summed E-state index contributed by atoms with van der Waals surface area (Å²) in [5.74, 6) is 1.23. The predicted molar refractivity (Wildman–Crippen MR) is 70.3 cm³/mol. The zero-order chi connectivity index (χ0) is 13.0. The normalized spacial score (nSPS) is 23.1. The Morgan fingerprint density at radius 1 is 1.44 bits per heavy atom. The number of carbonyl (C=O) groups excluding carboxylic acids is 1. The molecule has 0 bridgehead atoms. The van der Waals surface area contributed by atoms with Crippen LogP contribution < -0.4 is 10.5 Å². The number of rotatable bonds is 4. The molecule has 2 N–H and O–H groups in total. The van der Waals surface area contributed by atoms with Gasteiger partial charge in [-0.2, -0.15) is 0 Å². The quantitative estimate of drug-likeness (QED) is 0.872. The number of amides is 1. The average Bonchev–Trinajstić information content (AvgIpc) is 2.78. The predicted octanol–water partition coefficient (Wildman–Crippen LogP) is 1.26. The van der Waals surface area contributed by atoms with E-state index in [1.165, 1.54) is 0 Å². The minimum Gasteiger partial charge on any atom is -0.484 e. The Balaban J connectivity index is 1.88. The summed E-state index contributed by atoms with van der Waals surface area (Å²) in [5, 5.41) is 0. The van der Waals surface area contributed by atoms with Crippen LogP contribution >= 0.6 is 0 Å². The summed E-state index contributed by atoms with van der Waals surface area (Å²) in [6.45, 7) is 3.55. The molecule has 4 nitrogen and oxygen atoms in total. The summed E-state index contributed by atoms with van der Waals surface area (Å²) in [5.41, 5.74) is 5.72. The molecule has 1 amide bonds. The first kappa shape index (κ1) is 12.9. The highest BCUT2D eigenvalue weighted by molar-refractivity contribution is 5.78. The van der Waals surface area contributed by atoms with Crippen LogP contribution in [-0.2, 0) is 4.79 Å². The van der Waals surface area contributed by atoms with Crippen molar-refractivity contribution in [3.63, 3.8) is 0 Å². The molecule has 4 heteroatoms. The van der Waals surface area contributed by atoms with Crippen LogP contribution in [0.25, 0.3) is 0 Å². The molecule has 98 valence electrons. The Bertz CT molecular complexity index is 394. The van der Waals surface area contributed by atoms with E-state index in [1.807, 2.05) is 35.2 Å². The number of likely N-dealkylation sites (tertiary alicyclic amines) is 1. The highest BCUT2D eigenvalue weighted by Crippen LogP contribution is 2.23. The molecule has 2 rings (SSSR count). The van der Waals surface area contributed by atoms with E-state index in [-0.39, 0.29) is 18.6 Å². The minimum absolute atomic E-state index is 0.0265. The third-order valence-electron chi connectivity index (χ3n) is 3.55. The van der Waals surface area contributed by atoms with Gasteiger partial charge in [0.1, 0.15) is 5.75 Å². The molecule has 0 aromatic heterocycles. The van der Waals surface area contributed by atoms with Crippen molar-refractivity contribution in [1.29, 1.82) is 0 Å². The SMILES string of the molecule is CC1CCN(C(=O)COc2ccccc2)C1CN. The molecule has 18 heavy (non-hydrogen) atoms. The standard InChI is InChI=1S/C14H20N2O2/c1-11-7-8-16(13(11)9-15)14(17)10-18-12-5-3-2-4-6-12/h2-6,11,13H,7-10,15H2,1H3. The summed E-state index contributed by atoms with van der Waals surface area (Å²) >= 11 is 0. The van der Waals surface area contributed by atoms with Crippen molar-refractivity contribution < 1.29 is 9.53 Å². The number of hydrogen-bond acceptors (Lipinski definition) is 3. The van der Waals surface area contributed by atoms with Crippen LogP contribution in [0.5, 0.6) is 5.75 Å². The van der Waals surface area contributed by atoms with Crippen molar-refractivity contribution in [2.75, 3.05) is 19.7 Å². The molecular formula is C14H20N2O2. The monoisotopic (exact) mass is 248 g/mol. The first-order valence-electron chi connectivity index (χ1n) is 6.39. The zero-order valence-electron chi connectivity index (χ0n) is 10.7. The van der Waals surface area contributed by atoms with Gasteiger partial charge >= 0.3 is 0 Å². The maximum Gasteiger partial charge on any atom is 0.260 e. The lowest BCUT2D eigenvalue weighted by atomic mass is 10.0. The van der Waals surface area contributed by atoms with Gasteiger partial charge in [-0.3, -0.25) is 4.79 Å². The third-order valence-corrected chi connectivity index (χ3v) is 3.55. The van der Waals surface area contributed by atoms with Gasteiger partial charge in [0.15, 0.2) is 6.61 Å². The molecule has 1 heterocycles. The van der Waals surface area contributed by atoms with Crippen molar-refractivity contribution in [2.45, 2.75) is 19.4 Å². The van der Waals surface area contributed by atoms with E-state index >= 15 is 0 Å². The molecule has 1 fully saturated rings. The van der Waals surface area contributed by atoms with Crippen molar-refractivity contribution in [3.05, 3.63) is 30.3 Å². The summed E-state index contributed by atoms with van der Waals surface area (Å²) in [4.78, 5) is 13.9. The fourth-order valence-electron chi connectivity index (χ4n) is 2.42. The number of para-hydroxylation sites is 1. The summed E-state index contributed by atoms with van der Waals surface area (Å²) < 4.78 is 5.48. The number of ether oxygens (including phenoxy) is 1. The lowest BCUT2D eigenvalue weighted by Gasteiger charge is -2.25. The van der Waals surface area contributed by atoms with Crippen LogP contribution in [0.4, 0.5) is 0 Å². The van der Waals surface area contributed by atoms with Gasteiger partial charge in [0.2, 0.25) is 0 Å². The topological polar surface area (TPSA) is 55.6 Å². The number of carbonyl (C=O) groups is 1. The molecule has 1 aliphatic rings. The molecule has 1 aliphatic heterocycles. The van der Waals surface area contributed by atoms with Crippen LogP contribution in [0.3, 0.4) is 0 Å². The molecule has 0 spiro atoms. The van der Waals surface area contributed by atoms with Gasteiger partial charge in [-0.15, -0.1) is 0 Å². The number of benzene rings is 1. The van der Waals surface area contributed by atoms with Gasteiger partial charge in [0.05, 0.1) is 0 Å². The number of nitrogens with zero attached hydrogens (tertiary/aromatic N) is 1. The van der Waals surface area contributed by atoms with E-state index in [0.717, 1.165) is 18.7 Å². The highest BCUT2D eigenvalue weighted by Gasteiger charge is 2.33. The van der Waals surface area contributed by atoms with Crippen molar-refractivity contribution >= 4 is 5.91 Å². The molecule has 2 atom stereocenters. The van der Waals surface area contributed by atoms with Gasteiger partial charge in [-0.1, -0.05) is 25.1 Å². The second-order valence-electron chi connectivity index (χ2n) is 4.76. The molecule has 0 radical (unpaired) electrons. The number of nitrogens with two attached hydrogens (primary N) is 1. The first-order valence-corrected chi connectivity index (χ1v) is 6.39. The van der Waals surface area contributed by atoms with Crippen LogP contribution in [-0.4, -0.2) is 36.5 Å². The van der Waals surface area contributed by atoms with Gasteiger partial charge in [0, 0.05) is 19.1 Å². The van der Waals surface area contributed by atoms with E-state index in [9.17, 15) is 4.79 Å². The highest BCUT2D eigenvalue weighted by atomic mass is 16.5. The maximum atomic E-state index is 12.1. The third kappa shape index (κ3) is 2.82. The lowest BCUT2D eigenvalue weighted by molar-refractivity contribution is -0.134. The molecule has 1 aromatic rings. The van der Waals surface area contributed by atoms with Gasteiger partial charge in [-0.05, 0) is 24.5 Å². The average molecular weight is 248 g/mol. The van der Waals surface area contributed by atoms with Crippen LogP contribution in [0, 0.1) is 5.92 Å². The number of hydrogen-bond donors (Lipinski definition) is 1. The Kier molecular flexibility index (Phi) is 4.20. The fraction of sp³-hybridized carbons (Fsp3) is 0.500. The zero-order valence-corrected chi connectivity index (χ0v) is 10.7. The Morgan fingerprint density at radius 3 is 2.83 bits per heavy atom. The van der Waals surface area contributed by atoms with Gasteiger partial charge < -0.3 is 15.4 Å². The molecule has 0 aliphatic carbocycles. The van der Waals surface area contributed by atoms with Crippen LogP contribution in [0.1, 0.15) is 13.3 Å². The largest absolute Gasteiger partial charge is 0.484 e. The second-order valence-corrected chi connectivity index (χ2v) is 4.76. The van der Waals surface area contributed by atoms with Crippen molar-refractivity contribution in [2.24, 2.45) is 11.7 Å². The fourth-order valence-corrected chi connectivity index (χ4v) is 2.42. The van der Waals surface area contributed by atoms with E-state index in [0.29, 0.717) is 12.5 Å². The summed E-state index contributed by atoms with van der Waals surface area (Å²) in [6.07, 6.45) is 1.03. The van der Waals surface area contributed by atoms with Crippen molar-refractivity contribution in [1.82, 2.24) is 4.90 Å². The smallest absolute Gasteiger partial charge is 0.260 e. The van der Waals surface area contributed by atoms with E-state index in [2.05, 4.69) is 6.92 Å².